The fourth-order valence-electron chi connectivity index (χ4n) is 3.79. The third kappa shape index (κ3) is 4.87. The van der Waals surface area contributed by atoms with Gasteiger partial charge < -0.3 is 14.8 Å². The average Bonchev–Trinajstić information content (AvgIpc) is 3.10. The molecule has 0 saturated heterocycles. The van der Waals surface area contributed by atoms with Crippen molar-refractivity contribution in [1.29, 1.82) is 5.26 Å². The first-order valence-corrected chi connectivity index (χ1v) is 11.3. The molecule has 1 N–H and O–H groups in total. The van der Waals surface area contributed by atoms with Crippen LogP contribution in [0, 0.1) is 11.3 Å². The largest absolute Gasteiger partial charge is 0.492 e. The van der Waals surface area contributed by atoms with E-state index in [9.17, 15) is 9.59 Å². The quantitative estimate of drug-likeness (QED) is 0.461. The van der Waals surface area contributed by atoms with Gasteiger partial charge in [0.2, 0.25) is 0 Å². The molecule has 0 aromatic heterocycles. The molecule has 0 fully saturated rings. The SMILES string of the molecule is CCOc1ccccc1NC1=C(c2ccc(OC(C)C)cc2)C(=O)N(c2ccc(C#N)cc2)C1=O. The molecule has 1 heterocycles. The highest BCUT2D eigenvalue weighted by Gasteiger charge is 2.40. The van der Waals surface area contributed by atoms with Gasteiger partial charge in [0, 0.05) is 0 Å². The summed E-state index contributed by atoms with van der Waals surface area (Å²) < 4.78 is 11.4. The number of ether oxygens (including phenoxy) is 2. The van der Waals surface area contributed by atoms with Crippen LogP contribution in [0.2, 0.25) is 0 Å². The third-order valence-electron chi connectivity index (χ3n) is 5.30. The van der Waals surface area contributed by atoms with Gasteiger partial charge >= 0.3 is 0 Å². The highest BCUT2D eigenvalue weighted by Crippen LogP contribution is 2.36. The van der Waals surface area contributed by atoms with Crippen LogP contribution >= 0.6 is 0 Å². The summed E-state index contributed by atoms with van der Waals surface area (Å²) in [6.07, 6.45) is 0.00826. The van der Waals surface area contributed by atoms with Crippen LogP contribution in [0.5, 0.6) is 11.5 Å². The minimum atomic E-state index is -0.497. The third-order valence-corrected chi connectivity index (χ3v) is 5.30. The lowest BCUT2D eigenvalue weighted by atomic mass is 10.0. The summed E-state index contributed by atoms with van der Waals surface area (Å²) in [5.41, 5.74) is 2.35. The Morgan fingerprint density at radius 3 is 2.26 bits per heavy atom. The standard InChI is InChI=1S/C28H25N3O4/c1-4-34-24-8-6-5-7-23(24)30-26-25(20-11-15-22(16-12-20)35-18(2)3)27(32)31(28(26)33)21-13-9-19(17-29)10-14-21/h5-16,18,30H,4H2,1-3H3. The molecule has 7 heteroatoms. The van der Waals surface area contributed by atoms with Crippen molar-refractivity contribution < 1.29 is 19.1 Å². The lowest BCUT2D eigenvalue weighted by molar-refractivity contribution is -0.120. The number of imide groups is 1. The molecule has 3 aromatic carbocycles. The van der Waals surface area contributed by atoms with Crippen LogP contribution in [0.25, 0.3) is 5.57 Å². The Labute approximate surface area is 204 Å². The molecule has 4 rings (SSSR count). The van der Waals surface area contributed by atoms with Crippen LogP contribution in [0.1, 0.15) is 31.9 Å². The second-order valence-electron chi connectivity index (χ2n) is 8.10. The van der Waals surface area contributed by atoms with Gasteiger partial charge in [-0.2, -0.15) is 5.26 Å². The predicted octanol–water partition coefficient (Wildman–Crippen LogP) is 5.14. The summed E-state index contributed by atoms with van der Waals surface area (Å²) in [5.74, 6) is 0.276. The van der Waals surface area contributed by atoms with Crippen molar-refractivity contribution in [2.75, 3.05) is 16.8 Å². The molecule has 1 aliphatic heterocycles. The van der Waals surface area contributed by atoms with Gasteiger partial charge in [-0.3, -0.25) is 9.59 Å². The van der Waals surface area contributed by atoms with E-state index in [-0.39, 0.29) is 17.4 Å². The first-order valence-electron chi connectivity index (χ1n) is 11.3. The topological polar surface area (TPSA) is 91.7 Å². The Balaban J connectivity index is 1.79. The predicted molar refractivity (Wildman–Crippen MR) is 134 cm³/mol. The first kappa shape index (κ1) is 23.6. The number of anilines is 2. The molecule has 0 unspecified atom stereocenters. The Morgan fingerprint density at radius 2 is 1.63 bits per heavy atom. The molecule has 0 saturated carbocycles. The molecule has 0 spiro atoms. The van der Waals surface area contributed by atoms with Crippen molar-refractivity contribution in [3.05, 3.63) is 89.6 Å². The molecule has 7 nitrogen and oxygen atoms in total. The fraction of sp³-hybridized carbons (Fsp3) is 0.179. The van der Waals surface area contributed by atoms with Gasteiger partial charge in [-0.1, -0.05) is 24.3 Å². The number of carbonyl (C=O) groups excluding carboxylic acids is 2. The summed E-state index contributed by atoms with van der Waals surface area (Å²) in [6, 6.07) is 22.7. The maximum atomic E-state index is 13.6. The summed E-state index contributed by atoms with van der Waals surface area (Å²) in [4.78, 5) is 28.3. The summed E-state index contributed by atoms with van der Waals surface area (Å²) in [6.45, 7) is 6.19. The molecular weight excluding hydrogens is 442 g/mol. The van der Waals surface area contributed by atoms with Gasteiger partial charge in [0.1, 0.15) is 17.2 Å². The molecule has 1 aliphatic rings. The Hall–Kier alpha value is -4.57. The number of nitrogens with zero attached hydrogens (tertiary/aromatic N) is 2. The van der Waals surface area contributed by atoms with E-state index in [1.165, 1.54) is 0 Å². The molecule has 0 radical (unpaired) electrons. The normalized spacial score (nSPS) is 13.3. The van der Waals surface area contributed by atoms with Gasteiger partial charge in [0.15, 0.2) is 0 Å². The van der Waals surface area contributed by atoms with Gasteiger partial charge in [-0.15, -0.1) is 0 Å². The smallest absolute Gasteiger partial charge is 0.282 e. The summed E-state index contributed by atoms with van der Waals surface area (Å²) >= 11 is 0. The lowest BCUT2D eigenvalue weighted by Gasteiger charge is -2.16. The van der Waals surface area contributed by atoms with Crippen molar-refractivity contribution >= 4 is 28.8 Å². The maximum Gasteiger partial charge on any atom is 0.282 e. The Bertz CT molecular complexity index is 1320. The van der Waals surface area contributed by atoms with Crippen LogP contribution in [-0.2, 0) is 9.59 Å². The number of para-hydroxylation sites is 2. The molecule has 35 heavy (non-hydrogen) atoms. The van der Waals surface area contributed by atoms with E-state index in [4.69, 9.17) is 14.7 Å². The van der Waals surface area contributed by atoms with Gasteiger partial charge in [0.05, 0.1) is 41.3 Å². The van der Waals surface area contributed by atoms with Crippen LogP contribution in [-0.4, -0.2) is 24.5 Å². The van der Waals surface area contributed by atoms with Crippen molar-refractivity contribution in [2.24, 2.45) is 0 Å². The van der Waals surface area contributed by atoms with E-state index in [0.29, 0.717) is 40.6 Å². The number of carbonyl (C=O) groups is 2. The minimum Gasteiger partial charge on any atom is -0.492 e. The second-order valence-corrected chi connectivity index (χ2v) is 8.10. The number of benzene rings is 3. The molecule has 0 bridgehead atoms. The number of hydrogen-bond acceptors (Lipinski definition) is 6. The fourth-order valence-corrected chi connectivity index (χ4v) is 3.79. The van der Waals surface area contributed by atoms with E-state index in [1.54, 1.807) is 60.7 Å². The number of nitriles is 1. The zero-order chi connectivity index (χ0) is 24.9. The highest BCUT2D eigenvalue weighted by atomic mass is 16.5. The van der Waals surface area contributed by atoms with Crippen molar-refractivity contribution in [3.63, 3.8) is 0 Å². The molecular formula is C28H25N3O4. The van der Waals surface area contributed by atoms with Crippen molar-refractivity contribution in [2.45, 2.75) is 26.9 Å². The average molecular weight is 468 g/mol. The second kappa shape index (κ2) is 10.1. The summed E-state index contributed by atoms with van der Waals surface area (Å²) in [5, 5.41) is 12.3. The van der Waals surface area contributed by atoms with Crippen LogP contribution in [0.3, 0.4) is 0 Å². The number of nitrogens with one attached hydrogen (secondary N) is 1. The van der Waals surface area contributed by atoms with Crippen LogP contribution < -0.4 is 19.7 Å². The molecule has 0 atom stereocenters. The molecule has 3 aromatic rings. The summed E-state index contributed by atoms with van der Waals surface area (Å²) in [7, 11) is 0. The number of amides is 2. The van der Waals surface area contributed by atoms with Crippen LogP contribution in [0.4, 0.5) is 11.4 Å². The van der Waals surface area contributed by atoms with Gasteiger partial charge in [-0.05, 0) is 74.9 Å². The number of hydrogen-bond donors (Lipinski definition) is 1. The minimum absolute atomic E-state index is 0.00826. The zero-order valence-corrected chi connectivity index (χ0v) is 19.7. The van der Waals surface area contributed by atoms with Gasteiger partial charge in [0.25, 0.3) is 11.8 Å². The van der Waals surface area contributed by atoms with E-state index < -0.39 is 11.8 Å². The zero-order valence-electron chi connectivity index (χ0n) is 19.7. The van der Waals surface area contributed by atoms with Crippen molar-refractivity contribution in [1.82, 2.24) is 0 Å². The first-order chi connectivity index (χ1) is 16.9. The Morgan fingerprint density at radius 1 is 0.943 bits per heavy atom. The van der Waals surface area contributed by atoms with E-state index >= 15 is 0 Å². The Kier molecular flexibility index (Phi) is 6.83. The van der Waals surface area contributed by atoms with Gasteiger partial charge in [-0.25, -0.2) is 4.90 Å². The van der Waals surface area contributed by atoms with E-state index in [2.05, 4.69) is 5.32 Å². The molecule has 2 amide bonds. The van der Waals surface area contributed by atoms with Crippen molar-refractivity contribution in [3.8, 4) is 17.6 Å². The van der Waals surface area contributed by atoms with Crippen LogP contribution in [0.15, 0.2) is 78.5 Å². The highest BCUT2D eigenvalue weighted by molar-refractivity contribution is 6.46. The van der Waals surface area contributed by atoms with E-state index in [0.717, 1.165) is 4.90 Å². The molecule has 176 valence electrons. The maximum absolute atomic E-state index is 13.6. The lowest BCUT2D eigenvalue weighted by Crippen LogP contribution is -2.32. The van der Waals surface area contributed by atoms with E-state index in [1.807, 2.05) is 39.0 Å². The number of rotatable bonds is 8. The molecule has 0 aliphatic carbocycles. The monoisotopic (exact) mass is 467 g/mol.